The summed E-state index contributed by atoms with van der Waals surface area (Å²) in [6.45, 7) is 0. The second-order valence-corrected chi connectivity index (χ2v) is 7.09. The summed E-state index contributed by atoms with van der Waals surface area (Å²) in [6, 6.07) is 15.9. The normalized spacial score (nSPS) is 11.4. The molecular weight excluding hydrogens is 386 g/mol. The third-order valence-electron chi connectivity index (χ3n) is 4.52. The van der Waals surface area contributed by atoms with Gasteiger partial charge in [0.25, 0.3) is 0 Å². The van der Waals surface area contributed by atoms with Crippen molar-refractivity contribution in [2.24, 2.45) is 4.99 Å². The summed E-state index contributed by atoms with van der Waals surface area (Å²) in [4.78, 5) is 6.05. The largest absolute Gasteiger partial charge is 0.493 e. The van der Waals surface area contributed by atoms with Gasteiger partial charge in [-0.1, -0.05) is 12.1 Å². The predicted octanol–water partition coefficient (Wildman–Crippen LogP) is 5.78. The first kappa shape index (κ1) is 20.9. The van der Waals surface area contributed by atoms with Gasteiger partial charge in [-0.15, -0.1) is 11.8 Å². The van der Waals surface area contributed by atoms with Gasteiger partial charge in [-0.2, -0.15) is 0 Å². The third-order valence-corrected chi connectivity index (χ3v) is 5.31. The maximum absolute atomic E-state index is 5.65. The highest BCUT2D eigenvalue weighted by Gasteiger charge is 2.15. The zero-order chi connectivity index (χ0) is 20.6. The fourth-order valence-corrected chi connectivity index (χ4v) is 3.62. The Hall–Kier alpha value is -2.86. The molecule has 5 nitrogen and oxygen atoms in total. The zero-order valence-corrected chi connectivity index (χ0v) is 17.9. The molecule has 0 saturated heterocycles. The highest BCUT2D eigenvalue weighted by atomic mass is 32.2. The van der Waals surface area contributed by atoms with Gasteiger partial charge in [-0.25, -0.2) is 4.99 Å². The van der Waals surface area contributed by atoms with Gasteiger partial charge >= 0.3 is 0 Å². The van der Waals surface area contributed by atoms with E-state index in [1.807, 2.05) is 42.5 Å². The number of thioether (sulfide) groups is 1. The zero-order valence-electron chi connectivity index (χ0n) is 17.1. The van der Waals surface area contributed by atoms with E-state index in [9.17, 15) is 0 Å². The lowest BCUT2D eigenvalue weighted by molar-refractivity contribution is 0.324. The van der Waals surface area contributed by atoms with E-state index < -0.39 is 0 Å². The number of furan rings is 1. The number of hydrogen-bond donors (Lipinski definition) is 0. The topological polar surface area (TPSA) is 53.2 Å². The Morgan fingerprint density at radius 1 is 0.966 bits per heavy atom. The summed E-state index contributed by atoms with van der Waals surface area (Å²) in [6.07, 6.45) is 5.17. The third kappa shape index (κ3) is 4.95. The molecule has 0 radical (unpaired) electrons. The van der Waals surface area contributed by atoms with E-state index >= 15 is 0 Å². The Bertz CT molecular complexity index is 942. The second kappa shape index (κ2) is 10.1. The van der Waals surface area contributed by atoms with Gasteiger partial charge in [0, 0.05) is 4.90 Å². The summed E-state index contributed by atoms with van der Waals surface area (Å²) in [5.41, 5.74) is 2.90. The van der Waals surface area contributed by atoms with Crippen molar-refractivity contribution in [2.75, 3.05) is 27.6 Å². The minimum absolute atomic E-state index is 0.590. The first-order valence-electron chi connectivity index (χ1n) is 9.23. The smallest absolute Gasteiger partial charge is 0.203 e. The summed E-state index contributed by atoms with van der Waals surface area (Å²) in [5, 5.41) is 0. The molecule has 0 spiro atoms. The summed E-state index contributed by atoms with van der Waals surface area (Å²) in [5.74, 6) is 2.65. The molecule has 152 valence electrons. The van der Waals surface area contributed by atoms with Gasteiger partial charge in [0.2, 0.25) is 5.75 Å². The van der Waals surface area contributed by atoms with Crippen LogP contribution in [0.15, 0.2) is 69.1 Å². The van der Waals surface area contributed by atoms with Crippen LogP contribution in [0.2, 0.25) is 0 Å². The Labute approximate surface area is 175 Å². The molecule has 6 heteroatoms. The van der Waals surface area contributed by atoms with E-state index in [0.29, 0.717) is 23.7 Å². The summed E-state index contributed by atoms with van der Waals surface area (Å²) >= 11 is 1.68. The van der Waals surface area contributed by atoms with Gasteiger partial charge in [-0.3, -0.25) is 0 Å². The molecule has 29 heavy (non-hydrogen) atoms. The van der Waals surface area contributed by atoms with Gasteiger partial charge in [0.15, 0.2) is 11.5 Å². The number of aliphatic imine (C=N–C) groups is 1. The van der Waals surface area contributed by atoms with Crippen molar-refractivity contribution in [3.8, 4) is 17.2 Å². The number of ether oxygens (including phenoxy) is 3. The minimum Gasteiger partial charge on any atom is -0.493 e. The van der Waals surface area contributed by atoms with Crippen LogP contribution in [-0.2, 0) is 6.42 Å². The number of hydrogen-bond acceptors (Lipinski definition) is 6. The molecule has 0 fully saturated rings. The molecule has 1 heterocycles. The number of aryl methyl sites for hydroxylation is 1. The molecule has 0 unspecified atom stereocenters. The molecule has 0 amide bonds. The van der Waals surface area contributed by atoms with E-state index in [0.717, 1.165) is 34.0 Å². The van der Waals surface area contributed by atoms with Crippen LogP contribution < -0.4 is 14.2 Å². The Morgan fingerprint density at radius 2 is 1.69 bits per heavy atom. The average molecular weight is 412 g/mol. The molecule has 2 aromatic carbocycles. The SMILES string of the molecule is COc1cc(CC/C(=N\c2ccccc2SC)c2ccco2)cc(OC)c1OC. The Balaban J connectivity index is 1.91. The van der Waals surface area contributed by atoms with Crippen LogP contribution in [0.1, 0.15) is 17.7 Å². The molecule has 0 aliphatic rings. The lowest BCUT2D eigenvalue weighted by Crippen LogP contribution is -2.03. The van der Waals surface area contributed by atoms with Crippen molar-refractivity contribution in [3.63, 3.8) is 0 Å². The second-order valence-electron chi connectivity index (χ2n) is 6.24. The van der Waals surface area contributed by atoms with Crippen molar-refractivity contribution in [3.05, 3.63) is 66.1 Å². The van der Waals surface area contributed by atoms with E-state index in [1.165, 1.54) is 0 Å². The Kier molecular flexibility index (Phi) is 7.25. The fourth-order valence-electron chi connectivity index (χ4n) is 3.09. The maximum atomic E-state index is 5.65. The first-order chi connectivity index (χ1) is 14.2. The molecule has 1 aromatic heterocycles. The lowest BCUT2D eigenvalue weighted by atomic mass is 10.0. The summed E-state index contributed by atoms with van der Waals surface area (Å²) in [7, 11) is 4.84. The lowest BCUT2D eigenvalue weighted by Gasteiger charge is -2.14. The highest BCUT2D eigenvalue weighted by molar-refractivity contribution is 7.98. The molecule has 0 aliphatic heterocycles. The molecule has 0 atom stereocenters. The number of methoxy groups -OCH3 is 3. The average Bonchev–Trinajstić information content (AvgIpc) is 3.30. The standard InChI is InChI=1S/C23H25NO4S/c1-25-20-14-16(15-21(26-2)23(20)27-3)11-12-17(19-9-7-13-28-19)24-18-8-5-6-10-22(18)29-4/h5-10,13-15H,11-12H2,1-4H3/b24-17+. The van der Waals surface area contributed by atoms with Crippen LogP contribution >= 0.6 is 11.8 Å². The van der Waals surface area contributed by atoms with Crippen LogP contribution in [0.25, 0.3) is 0 Å². The predicted molar refractivity (Wildman–Crippen MR) is 118 cm³/mol. The fraction of sp³-hybridized carbons (Fsp3) is 0.261. The first-order valence-corrected chi connectivity index (χ1v) is 10.5. The molecule has 0 saturated carbocycles. The van der Waals surface area contributed by atoms with Crippen molar-refractivity contribution < 1.29 is 18.6 Å². The van der Waals surface area contributed by atoms with Gasteiger partial charge in [0.1, 0.15) is 5.76 Å². The summed E-state index contributed by atoms with van der Waals surface area (Å²) < 4.78 is 22.0. The monoisotopic (exact) mass is 411 g/mol. The van der Waals surface area contributed by atoms with Crippen LogP contribution in [0, 0.1) is 0 Å². The van der Waals surface area contributed by atoms with Gasteiger partial charge < -0.3 is 18.6 Å². The highest BCUT2D eigenvalue weighted by Crippen LogP contribution is 2.38. The van der Waals surface area contributed by atoms with Crippen LogP contribution in [-0.4, -0.2) is 33.3 Å². The van der Waals surface area contributed by atoms with Crippen LogP contribution in [0.3, 0.4) is 0 Å². The van der Waals surface area contributed by atoms with E-state index in [1.54, 1.807) is 39.4 Å². The van der Waals surface area contributed by atoms with Gasteiger partial charge in [0.05, 0.1) is 39.0 Å². The number of benzene rings is 2. The quantitative estimate of drug-likeness (QED) is 0.330. The van der Waals surface area contributed by atoms with Crippen molar-refractivity contribution in [1.29, 1.82) is 0 Å². The van der Waals surface area contributed by atoms with Crippen molar-refractivity contribution in [1.82, 2.24) is 0 Å². The van der Waals surface area contributed by atoms with E-state index in [-0.39, 0.29) is 0 Å². The van der Waals surface area contributed by atoms with Gasteiger partial charge in [-0.05, 0) is 61.1 Å². The molecule has 3 rings (SSSR count). The van der Waals surface area contributed by atoms with E-state index in [4.69, 9.17) is 23.6 Å². The Morgan fingerprint density at radius 3 is 2.28 bits per heavy atom. The minimum atomic E-state index is 0.590. The van der Waals surface area contributed by atoms with Crippen molar-refractivity contribution in [2.45, 2.75) is 17.7 Å². The molecular formula is C23H25NO4S. The number of nitrogens with zero attached hydrogens (tertiary/aromatic N) is 1. The molecule has 0 bridgehead atoms. The van der Waals surface area contributed by atoms with Crippen LogP contribution in [0.4, 0.5) is 5.69 Å². The molecule has 0 N–H and O–H groups in total. The van der Waals surface area contributed by atoms with E-state index in [2.05, 4.69) is 12.3 Å². The maximum Gasteiger partial charge on any atom is 0.203 e. The van der Waals surface area contributed by atoms with Crippen molar-refractivity contribution >= 4 is 23.2 Å². The number of para-hydroxylation sites is 1. The molecule has 3 aromatic rings. The van der Waals surface area contributed by atoms with Crippen LogP contribution in [0.5, 0.6) is 17.2 Å². The molecule has 0 aliphatic carbocycles. The number of rotatable bonds is 9.